The highest BCUT2D eigenvalue weighted by molar-refractivity contribution is 5.70. The van der Waals surface area contributed by atoms with Gasteiger partial charge < -0.3 is 14.4 Å². The molecule has 4 heteroatoms. The summed E-state index contributed by atoms with van der Waals surface area (Å²) in [6, 6.07) is 18.5. The van der Waals surface area contributed by atoms with Gasteiger partial charge in [0, 0.05) is 38.3 Å². The van der Waals surface area contributed by atoms with Crippen LogP contribution >= 0.6 is 0 Å². The first-order chi connectivity index (χ1) is 12.3. The molecule has 1 saturated heterocycles. The average molecular weight is 340 g/mol. The predicted octanol–water partition coefficient (Wildman–Crippen LogP) is 3.00. The molecule has 3 rings (SSSR count). The highest BCUT2D eigenvalue weighted by Crippen LogP contribution is 2.29. The number of para-hydroxylation sites is 1. The first-order valence-corrected chi connectivity index (χ1v) is 9.09. The maximum absolute atomic E-state index is 5.95. The van der Waals surface area contributed by atoms with Crippen molar-refractivity contribution in [2.24, 2.45) is 0 Å². The van der Waals surface area contributed by atoms with Crippen molar-refractivity contribution in [3.8, 4) is 16.9 Å². The van der Waals surface area contributed by atoms with Crippen LogP contribution in [0.5, 0.6) is 5.75 Å². The molecule has 2 aromatic carbocycles. The largest absolute Gasteiger partial charge is 0.491 e. The molecule has 0 atom stereocenters. The number of likely N-dealkylation sites (N-methyl/N-ethyl adjacent to an activating group) is 1. The van der Waals surface area contributed by atoms with Crippen molar-refractivity contribution in [1.29, 1.82) is 0 Å². The van der Waals surface area contributed by atoms with E-state index in [4.69, 9.17) is 9.47 Å². The fourth-order valence-electron chi connectivity index (χ4n) is 3.03. The molecule has 4 nitrogen and oxygen atoms in total. The molecule has 2 aromatic rings. The summed E-state index contributed by atoms with van der Waals surface area (Å²) in [6.07, 6.45) is 0. The van der Waals surface area contributed by atoms with Crippen LogP contribution in [0.1, 0.15) is 0 Å². The van der Waals surface area contributed by atoms with Gasteiger partial charge >= 0.3 is 0 Å². The summed E-state index contributed by atoms with van der Waals surface area (Å²) < 4.78 is 11.7. The van der Waals surface area contributed by atoms with Crippen LogP contribution in [0, 0.1) is 0 Å². The summed E-state index contributed by atoms with van der Waals surface area (Å²) in [5.74, 6) is 0.913. The lowest BCUT2D eigenvalue weighted by Crippen LogP contribution is -2.45. The Morgan fingerprint density at radius 3 is 2.32 bits per heavy atom. The summed E-state index contributed by atoms with van der Waals surface area (Å²) in [4.78, 5) is 4.83. The van der Waals surface area contributed by atoms with Gasteiger partial charge in [-0.15, -0.1) is 0 Å². The van der Waals surface area contributed by atoms with Crippen molar-refractivity contribution in [3.05, 3.63) is 54.6 Å². The molecule has 1 aliphatic heterocycles. The standard InChI is InChI=1S/C21H28N2O2/c1-22-11-13-23(14-12-22)15-16-24-17-18-25-21-10-6-5-9-20(21)19-7-3-2-4-8-19/h2-10H,11-18H2,1H3. The summed E-state index contributed by atoms with van der Waals surface area (Å²) in [5, 5.41) is 0. The van der Waals surface area contributed by atoms with Crippen molar-refractivity contribution in [2.45, 2.75) is 0 Å². The zero-order valence-electron chi connectivity index (χ0n) is 15.1. The van der Waals surface area contributed by atoms with E-state index in [0.29, 0.717) is 13.2 Å². The van der Waals surface area contributed by atoms with E-state index in [9.17, 15) is 0 Å². The van der Waals surface area contributed by atoms with Gasteiger partial charge in [-0.2, -0.15) is 0 Å². The van der Waals surface area contributed by atoms with Gasteiger partial charge in [0.05, 0.1) is 13.2 Å². The third-order valence-corrected chi connectivity index (χ3v) is 4.60. The molecule has 0 N–H and O–H groups in total. The number of hydrogen-bond acceptors (Lipinski definition) is 4. The van der Waals surface area contributed by atoms with E-state index in [0.717, 1.165) is 50.6 Å². The summed E-state index contributed by atoms with van der Waals surface area (Å²) in [7, 11) is 2.18. The smallest absolute Gasteiger partial charge is 0.127 e. The molecule has 1 heterocycles. The molecule has 25 heavy (non-hydrogen) atoms. The van der Waals surface area contributed by atoms with Crippen LogP contribution in [0.25, 0.3) is 11.1 Å². The minimum absolute atomic E-state index is 0.576. The molecule has 0 spiro atoms. The minimum Gasteiger partial charge on any atom is -0.491 e. The quantitative estimate of drug-likeness (QED) is 0.690. The molecule has 0 unspecified atom stereocenters. The molecule has 0 bridgehead atoms. The molecular formula is C21H28N2O2. The molecule has 0 aliphatic carbocycles. The van der Waals surface area contributed by atoms with Crippen LogP contribution in [0.3, 0.4) is 0 Å². The fourth-order valence-corrected chi connectivity index (χ4v) is 3.03. The van der Waals surface area contributed by atoms with E-state index in [1.165, 1.54) is 5.56 Å². The Morgan fingerprint density at radius 1 is 0.800 bits per heavy atom. The van der Waals surface area contributed by atoms with Gasteiger partial charge in [-0.3, -0.25) is 4.90 Å². The van der Waals surface area contributed by atoms with Crippen LogP contribution in [0.2, 0.25) is 0 Å². The van der Waals surface area contributed by atoms with E-state index < -0.39 is 0 Å². The van der Waals surface area contributed by atoms with E-state index in [2.05, 4.69) is 35.0 Å². The van der Waals surface area contributed by atoms with Gasteiger partial charge in [-0.25, -0.2) is 0 Å². The SMILES string of the molecule is CN1CCN(CCOCCOc2ccccc2-c2ccccc2)CC1. The molecule has 1 fully saturated rings. The van der Waals surface area contributed by atoms with Gasteiger partial charge in [0.2, 0.25) is 0 Å². The van der Waals surface area contributed by atoms with E-state index in [1.54, 1.807) is 0 Å². The molecule has 0 saturated carbocycles. The van der Waals surface area contributed by atoms with Crippen LogP contribution in [0.15, 0.2) is 54.6 Å². The third kappa shape index (κ3) is 5.56. The number of nitrogens with zero attached hydrogens (tertiary/aromatic N) is 2. The lowest BCUT2D eigenvalue weighted by molar-refractivity contribution is 0.0659. The lowest BCUT2D eigenvalue weighted by Gasteiger charge is -2.32. The maximum Gasteiger partial charge on any atom is 0.127 e. The normalized spacial score (nSPS) is 16.0. The summed E-state index contributed by atoms with van der Waals surface area (Å²) in [6.45, 7) is 7.56. The molecule has 1 aliphatic rings. The van der Waals surface area contributed by atoms with E-state index in [-0.39, 0.29) is 0 Å². The van der Waals surface area contributed by atoms with Crippen molar-refractivity contribution >= 4 is 0 Å². The predicted molar refractivity (Wildman–Crippen MR) is 102 cm³/mol. The summed E-state index contributed by atoms with van der Waals surface area (Å²) in [5.41, 5.74) is 2.30. The Morgan fingerprint density at radius 2 is 1.52 bits per heavy atom. The number of benzene rings is 2. The maximum atomic E-state index is 5.95. The Labute approximate surface area is 151 Å². The number of piperazine rings is 1. The number of hydrogen-bond donors (Lipinski definition) is 0. The Kier molecular flexibility index (Phi) is 6.86. The van der Waals surface area contributed by atoms with Crippen molar-refractivity contribution in [1.82, 2.24) is 9.80 Å². The molecular weight excluding hydrogens is 312 g/mol. The Hall–Kier alpha value is -1.88. The monoisotopic (exact) mass is 340 g/mol. The zero-order valence-corrected chi connectivity index (χ0v) is 15.1. The number of ether oxygens (including phenoxy) is 2. The molecule has 0 aromatic heterocycles. The molecule has 134 valence electrons. The highest BCUT2D eigenvalue weighted by Gasteiger charge is 2.12. The molecule has 0 amide bonds. The molecule has 0 radical (unpaired) electrons. The van der Waals surface area contributed by atoms with E-state index in [1.807, 2.05) is 36.4 Å². The van der Waals surface area contributed by atoms with Gasteiger partial charge in [0.15, 0.2) is 0 Å². The van der Waals surface area contributed by atoms with Crippen molar-refractivity contribution in [3.63, 3.8) is 0 Å². The van der Waals surface area contributed by atoms with Gasteiger partial charge in [-0.1, -0.05) is 48.5 Å². The van der Waals surface area contributed by atoms with Gasteiger partial charge in [0.25, 0.3) is 0 Å². The second kappa shape index (κ2) is 9.56. The minimum atomic E-state index is 0.576. The summed E-state index contributed by atoms with van der Waals surface area (Å²) >= 11 is 0. The number of rotatable bonds is 8. The highest BCUT2D eigenvalue weighted by atomic mass is 16.5. The Balaban J connectivity index is 1.38. The fraction of sp³-hybridized carbons (Fsp3) is 0.429. The van der Waals surface area contributed by atoms with Crippen LogP contribution in [-0.2, 0) is 4.74 Å². The van der Waals surface area contributed by atoms with Crippen LogP contribution < -0.4 is 4.74 Å². The van der Waals surface area contributed by atoms with Gasteiger partial charge in [-0.05, 0) is 18.7 Å². The van der Waals surface area contributed by atoms with Crippen molar-refractivity contribution < 1.29 is 9.47 Å². The third-order valence-electron chi connectivity index (χ3n) is 4.60. The topological polar surface area (TPSA) is 24.9 Å². The van der Waals surface area contributed by atoms with Crippen LogP contribution in [-0.4, -0.2) is 69.4 Å². The van der Waals surface area contributed by atoms with Gasteiger partial charge in [0.1, 0.15) is 12.4 Å². The second-order valence-electron chi connectivity index (χ2n) is 6.47. The second-order valence-corrected chi connectivity index (χ2v) is 6.47. The Bertz CT molecular complexity index is 625. The van der Waals surface area contributed by atoms with E-state index >= 15 is 0 Å². The first kappa shape index (κ1) is 17.9. The average Bonchev–Trinajstić information content (AvgIpc) is 2.67. The zero-order chi connectivity index (χ0) is 17.3. The van der Waals surface area contributed by atoms with Crippen molar-refractivity contribution in [2.75, 3.05) is 59.6 Å². The van der Waals surface area contributed by atoms with Crippen LogP contribution in [0.4, 0.5) is 0 Å². The lowest BCUT2D eigenvalue weighted by atomic mass is 10.1. The first-order valence-electron chi connectivity index (χ1n) is 9.09.